The van der Waals surface area contributed by atoms with Gasteiger partial charge in [0.1, 0.15) is 6.10 Å². The summed E-state index contributed by atoms with van der Waals surface area (Å²) in [4.78, 5) is 0. The molecule has 0 aliphatic rings. The molecule has 2 heterocycles. The summed E-state index contributed by atoms with van der Waals surface area (Å²) in [6, 6.07) is 5.61. The first kappa shape index (κ1) is 7.24. The average Bonchev–Trinajstić information content (AvgIpc) is 2.47. The zero-order valence-electron chi connectivity index (χ0n) is 6.68. The second-order valence-electron chi connectivity index (χ2n) is 2.66. The summed E-state index contributed by atoms with van der Waals surface area (Å²) in [5.41, 5.74) is 0.758. The van der Waals surface area contributed by atoms with Crippen molar-refractivity contribution in [3.8, 4) is 0 Å². The van der Waals surface area contributed by atoms with Gasteiger partial charge in [-0.25, -0.2) is 0 Å². The molecule has 0 bridgehead atoms. The van der Waals surface area contributed by atoms with Gasteiger partial charge in [-0.15, -0.1) is 10.2 Å². The average molecular weight is 163 g/mol. The summed E-state index contributed by atoms with van der Waals surface area (Å²) in [5.74, 6) is 0.575. The van der Waals surface area contributed by atoms with Crippen molar-refractivity contribution in [2.45, 2.75) is 13.0 Å². The van der Waals surface area contributed by atoms with Crippen LogP contribution in [0.4, 0.5) is 0 Å². The zero-order valence-corrected chi connectivity index (χ0v) is 6.68. The van der Waals surface area contributed by atoms with E-state index >= 15 is 0 Å². The lowest BCUT2D eigenvalue weighted by Crippen LogP contribution is -1.98. The van der Waals surface area contributed by atoms with Crippen LogP contribution in [0.25, 0.3) is 5.65 Å². The van der Waals surface area contributed by atoms with E-state index in [-0.39, 0.29) is 0 Å². The van der Waals surface area contributed by atoms with Crippen LogP contribution in [0.15, 0.2) is 24.4 Å². The van der Waals surface area contributed by atoms with E-state index in [1.54, 1.807) is 11.3 Å². The Kier molecular flexibility index (Phi) is 1.55. The smallest absolute Gasteiger partial charge is 0.166 e. The molecule has 2 aromatic heterocycles. The maximum Gasteiger partial charge on any atom is 0.166 e. The fourth-order valence-corrected chi connectivity index (χ4v) is 1.14. The van der Waals surface area contributed by atoms with E-state index in [0.29, 0.717) is 5.82 Å². The number of aromatic nitrogens is 3. The van der Waals surface area contributed by atoms with Crippen LogP contribution in [0, 0.1) is 0 Å². The lowest BCUT2D eigenvalue weighted by molar-refractivity contribution is 0.187. The molecule has 1 atom stereocenters. The topological polar surface area (TPSA) is 50.4 Å². The number of pyridine rings is 1. The van der Waals surface area contributed by atoms with Crippen molar-refractivity contribution >= 4 is 5.65 Å². The van der Waals surface area contributed by atoms with Crippen molar-refractivity contribution in [1.29, 1.82) is 0 Å². The summed E-state index contributed by atoms with van der Waals surface area (Å²) in [7, 11) is 0. The first-order chi connectivity index (χ1) is 5.79. The van der Waals surface area contributed by atoms with Crippen molar-refractivity contribution in [3.05, 3.63) is 30.2 Å². The SMILES string of the molecule is C[C@@H](O)c1nnc2ccccn12. The van der Waals surface area contributed by atoms with Crippen LogP contribution >= 0.6 is 0 Å². The highest BCUT2D eigenvalue weighted by molar-refractivity contribution is 5.37. The molecule has 0 spiro atoms. The molecule has 4 heteroatoms. The van der Waals surface area contributed by atoms with Gasteiger partial charge in [-0.3, -0.25) is 4.40 Å². The van der Waals surface area contributed by atoms with E-state index in [2.05, 4.69) is 10.2 Å². The van der Waals surface area contributed by atoms with Crippen molar-refractivity contribution in [1.82, 2.24) is 14.6 Å². The van der Waals surface area contributed by atoms with Crippen LogP contribution in [-0.2, 0) is 0 Å². The van der Waals surface area contributed by atoms with Crippen LogP contribution in [0.5, 0.6) is 0 Å². The number of hydrogen-bond donors (Lipinski definition) is 1. The van der Waals surface area contributed by atoms with Gasteiger partial charge in [0, 0.05) is 6.20 Å². The molecule has 0 saturated carbocycles. The Morgan fingerprint density at radius 1 is 1.42 bits per heavy atom. The predicted molar refractivity (Wildman–Crippen MR) is 43.6 cm³/mol. The molecule has 1 N–H and O–H groups in total. The lowest BCUT2D eigenvalue weighted by atomic mass is 10.4. The fraction of sp³-hybridized carbons (Fsp3) is 0.250. The van der Waals surface area contributed by atoms with Gasteiger partial charge in [-0.1, -0.05) is 6.07 Å². The second kappa shape index (κ2) is 2.57. The Hall–Kier alpha value is -1.42. The first-order valence-electron chi connectivity index (χ1n) is 3.77. The number of aliphatic hydroxyl groups excluding tert-OH is 1. The quantitative estimate of drug-likeness (QED) is 0.676. The van der Waals surface area contributed by atoms with Gasteiger partial charge >= 0.3 is 0 Å². The Morgan fingerprint density at radius 2 is 2.25 bits per heavy atom. The van der Waals surface area contributed by atoms with Crippen LogP contribution in [0.2, 0.25) is 0 Å². The first-order valence-corrected chi connectivity index (χ1v) is 3.77. The molecule has 0 unspecified atom stereocenters. The van der Waals surface area contributed by atoms with E-state index in [0.717, 1.165) is 5.65 Å². The molecule has 12 heavy (non-hydrogen) atoms. The van der Waals surface area contributed by atoms with Gasteiger partial charge in [0.15, 0.2) is 11.5 Å². The minimum Gasteiger partial charge on any atom is -0.385 e. The molecule has 2 aromatic rings. The predicted octanol–water partition coefficient (Wildman–Crippen LogP) is 0.783. The summed E-state index contributed by atoms with van der Waals surface area (Å²) in [6.07, 6.45) is 1.25. The van der Waals surface area contributed by atoms with E-state index in [1.807, 2.05) is 24.4 Å². The monoisotopic (exact) mass is 163 g/mol. The second-order valence-corrected chi connectivity index (χ2v) is 2.66. The number of fused-ring (bicyclic) bond motifs is 1. The molecule has 0 saturated heterocycles. The fourth-order valence-electron chi connectivity index (χ4n) is 1.14. The molecule has 62 valence electrons. The van der Waals surface area contributed by atoms with Crippen LogP contribution in [0.1, 0.15) is 18.9 Å². The highest BCUT2D eigenvalue weighted by atomic mass is 16.3. The molecule has 0 aromatic carbocycles. The number of aliphatic hydroxyl groups is 1. The Balaban J connectivity index is 2.70. The van der Waals surface area contributed by atoms with Crippen LogP contribution in [-0.4, -0.2) is 19.7 Å². The van der Waals surface area contributed by atoms with Crippen molar-refractivity contribution in [2.24, 2.45) is 0 Å². The van der Waals surface area contributed by atoms with Gasteiger partial charge in [-0.05, 0) is 19.1 Å². The molecule has 2 rings (SSSR count). The molecule has 0 aliphatic carbocycles. The van der Waals surface area contributed by atoms with E-state index < -0.39 is 6.10 Å². The van der Waals surface area contributed by atoms with Crippen LogP contribution < -0.4 is 0 Å². The third kappa shape index (κ3) is 0.967. The molecule has 0 fully saturated rings. The van der Waals surface area contributed by atoms with Gasteiger partial charge in [0.05, 0.1) is 0 Å². The molecule has 0 radical (unpaired) electrons. The van der Waals surface area contributed by atoms with Crippen molar-refractivity contribution < 1.29 is 5.11 Å². The van der Waals surface area contributed by atoms with E-state index in [9.17, 15) is 5.11 Å². The summed E-state index contributed by atoms with van der Waals surface area (Å²) >= 11 is 0. The maximum atomic E-state index is 9.29. The van der Waals surface area contributed by atoms with E-state index in [1.165, 1.54) is 0 Å². The number of hydrogen-bond acceptors (Lipinski definition) is 3. The molecule has 0 aliphatic heterocycles. The summed E-state index contributed by atoms with van der Waals surface area (Å²) in [6.45, 7) is 1.67. The standard InChI is InChI=1S/C8H9N3O/c1-6(12)8-10-9-7-4-2-3-5-11(7)8/h2-6,12H,1H3/t6-/m1/s1. The molecular formula is C8H9N3O. The van der Waals surface area contributed by atoms with Crippen LogP contribution in [0.3, 0.4) is 0 Å². The van der Waals surface area contributed by atoms with E-state index in [4.69, 9.17) is 0 Å². The molecular weight excluding hydrogens is 154 g/mol. The largest absolute Gasteiger partial charge is 0.385 e. The summed E-state index contributed by atoms with van der Waals surface area (Å²) in [5, 5.41) is 17.0. The lowest BCUT2D eigenvalue weighted by Gasteiger charge is -1.99. The molecule has 4 nitrogen and oxygen atoms in total. The number of nitrogens with zero attached hydrogens (tertiary/aromatic N) is 3. The van der Waals surface area contributed by atoms with Gasteiger partial charge in [0.25, 0.3) is 0 Å². The van der Waals surface area contributed by atoms with Crippen molar-refractivity contribution in [2.75, 3.05) is 0 Å². The zero-order chi connectivity index (χ0) is 8.55. The Labute approximate surface area is 69.5 Å². The minimum atomic E-state index is -0.581. The van der Waals surface area contributed by atoms with Crippen molar-refractivity contribution in [3.63, 3.8) is 0 Å². The molecule has 0 amide bonds. The normalized spacial score (nSPS) is 13.5. The minimum absolute atomic E-state index is 0.575. The Bertz CT molecular complexity index is 394. The van der Waals surface area contributed by atoms with Gasteiger partial charge < -0.3 is 5.11 Å². The highest BCUT2D eigenvalue weighted by Gasteiger charge is 2.08. The number of rotatable bonds is 1. The maximum absolute atomic E-state index is 9.29. The summed E-state index contributed by atoms with van der Waals surface area (Å²) < 4.78 is 1.77. The van der Waals surface area contributed by atoms with Gasteiger partial charge in [0.2, 0.25) is 0 Å². The Morgan fingerprint density at radius 3 is 3.00 bits per heavy atom. The van der Waals surface area contributed by atoms with Gasteiger partial charge in [-0.2, -0.15) is 0 Å². The third-order valence-corrected chi connectivity index (χ3v) is 1.71. The highest BCUT2D eigenvalue weighted by Crippen LogP contribution is 2.10. The third-order valence-electron chi connectivity index (χ3n) is 1.71.